The molecule has 29 heavy (non-hydrogen) atoms. The second-order valence-corrected chi connectivity index (χ2v) is 7.33. The number of para-hydroxylation sites is 1. The molecular weight excluding hydrogens is 430 g/mol. The first-order chi connectivity index (χ1) is 14.2. The van der Waals surface area contributed by atoms with Crippen LogP contribution in [0.5, 0.6) is 23.0 Å². The first-order valence-electron chi connectivity index (χ1n) is 9.84. The van der Waals surface area contributed by atoms with Gasteiger partial charge in [0.2, 0.25) is 0 Å². The monoisotopic (exact) mass is 455 g/mol. The van der Waals surface area contributed by atoms with Crippen LogP contribution >= 0.6 is 15.9 Å². The summed E-state index contributed by atoms with van der Waals surface area (Å²) in [5.74, 6) is 3.16. The van der Waals surface area contributed by atoms with E-state index in [1.54, 1.807) is 0 Å². The molecule has 5 heteroatoms. The first kappa shape index (κ1) is 21.1. The van der Waals surface area contributed by atoms with Crippen LogP contribution in [0.3, 0.4) is 0 Å². The van der Waals surface area contributed by atoms with Crippen molar-refractivity contribution in [3.63, 3.8) is 0 Å². The van der Waals surface area contributed by atoms with E-state index in [1.807, 2.05) is 67.6 Å². The average molecular weight is 456 g/mol. The summed E-state index contributed by atoms with van der Waals surface area (Å²) in [6, 6.07) is 21.8. The van der Waals surface area contributed by atoms with Gasteiger partial charge in [-0.1, -0.05) is 25.1 Å². The molecular formula is C24H26BrNO3. The van der Waals surface area contributed by atoms with Gasteiger partial charge >= 0.3 is 0 Å². The van der Waals surface area contributed by atoms with Crippen molar-refractivity contribution >= 4 is 21.6 Å². The van der Waals surface area contributed by atoms with Gasteiger partial charge in [0.15, 0.2) is 11.5 Å². The van der Waals surface area contributed by atoms with Crippen molar-refractivity contribution in [2.75, 3.05) is 18.5 Å². The largest absolute Gasteiger partial charge is 0.490 e. The Morgan fingerprint density at radius 2 is 1.59 bits per heavy atom. The Kier molecular flexibility index (Phi) is 7.82. The molecule has 152 valence electrons. The lowest BCUT2D eigenvalue weighted by Gasteiger charge is -2.16. The van der Waals surface area contributed by atoms with E-state index >= 15 is 0 Å². The van der Waals surface area contributed by atoms with Crippen molar-refractivity contribution in [1.29, 1.82) is 0 Å². The highest BCUT2D eigenvalue weighted by molar-refractivity contribution is 9.10. The minimum absolute atomic E-state index is 0.592. The van der Waals surface area contributed by atoms with Crippen molar-refractivity contribution < 1.29 is 14.2 Å². The van der Waals surface area contributed by atoms with E-state index in [4.69, 9.17) is 14.2 Å². The Labute approximate surface area is 180 Å². The van der Waals surface area contributed by atoms with Gasteiger partial charge in [-0.05, 0) is 83.4 Å². The number of hydrogen-bond acceptors (Lipinski definition) is 4. The quantitative estimate of drug-likeness (QED) is 0.355. The van der Waals surface area contributed by atoms with Gasteiger partial charge in [-0.25, -0.2) is 0 Å². The van der Waals surface area contributed by atoms with E-state index in [2.05, 4.69) is 34.2 Å². The van der Waals surface area contributed by atoms with Crippen LogP contribution in [-0.2, 0) is 6.54 Å². The molecule has 3 aromatic rings. The third kappa shape index (κ3) is 6.16. The number of hydrogen-bond donors (Lipinski definition) is 1. The Morgan fingerprint density at radius 3 is 2.28 bits per heavy atom. The summed E-state index contributed by atoms with van der Waals surface area (Å²) in [7, 11) is 0. The Balaban J connectivity index is 1.64. The van der Waals surface area contributed by atoms with Gasteiger partial charge in [0.1, 0.15) is 11.5 Å². The summed E-state index contributed by atoms with van der Waals surface area (Å²) >= 11 is 3.62. The molecule has 0 radical (unpaired) electrons. The molecule has 0 atom stereocenters. The molecule has 0 heterocycles. The minimum atomic E-state index is 0.592. The predicted octanol–water partition coefficient (Wildman–Crippen LogP) is 7.04. The van der Waals surface area contributed by atoms with Crippen LogP contribution in [0.4, 0.5) is 5.69 Å². The van der Waals surface area contributed by atoms with E-state index in [-0.39, 0.29) is 0 Å². The van der Waals surface area contributed by atoms with Gasteiger partial charge in [0.25, 0.3) is 0 Å². The van der Waals surface area contributed by atoms with Crippen molar-refractivity contribution in [3.8, 4) is 23.0 Å². The van der Waals surface area contributed by atoms with Gasteiger partial charge in [-0.3, -0.25) is 0 Å². The lowest BCUT2D eigenvalue weighted by Crippen LogP contribution is -2.04. The lowest BCUT2D eigenvalue weighted by molar-refractivity contribution is 0.275. The zero-order valence-electron chi connectivity index (χ0n) is 16.8. The normalized spacial score (nSPS) is 10.4. The summed E-state index contributed by atoms with van der Waals surface area (Å²) in [5, 5.41) is 3.44. The van der Waals surface area contributed by atoms with Gasteiger partial charge in [0, 0.05) is 12.2 Å². The third-order valence-corrected chi connectivity index (χ3v) is 4.74. The molecule has 0 aromatic heterocycles. The molecule has 0 unspecified atom stereocenters. The third-order valence-electron chi connectivity index (χ3n) is 4.15. The van der Waals surface area contributed by atoms with Crippen LogP contribution in [0.2, 0.25) is 0 Å². The first-order valence-corrected chi connectivity index (χ1v) is 10.6. The smallest absolute Gasteiger partial charge is 0.175 e. The zero-order valence-corrected chi connectivity index (χ0v) is 18.4. The summed E-state index contributed by atoms with van der Waals surface area (Å²) < 4.78 is 18.4. The maximum atomic E-state index is 5.84. The molecule has 0 bridgehead atoms. The highest BCUT2D eigenvalue weighted by Crippen LogP contribution is 2.37. The molecule has 0 saturated carbocycles. The number of halogens is 1. The Hall–Kier alpha value is -2.66. The molecule has 0 spiro atoms. The number of anilines is 1. The second-order valence-electron chi connectivity index (χ2n) is 6.48. The van der Waals surface area contributed by atoms with Gasteiger partial charge in [-0.15, -0.1) is 0 Å². The zero-order chi connectivity index (χ0) is 20.5. The van der Waals surface area contributed by atoms with Crippen LogP contribution in [-0.4, -0.2) is 13.2 Å². The van der Waals surface area contributed by atoms with E-state index in [1.165, 1.54) is 0 Å². The van der Waals surface area contributed by atoms with Crippen LogP contribution in [0, 0.1) is 0 Å². The molecule has 4 nitrogen and oxygen atoms in total. The summed E-state index contributed by atoms with van der Waals surface area (Å²) in [6.45, 7) is 5.98. The second kappa shape index (κ2) is 10.8. The number of rotatable bonds is 10. The van der Waals surface area contributed by atoms with E-state index in [0.717, 1.165) is 45.1 Å². The topological polar surface area (TPSA) is 39.7 Å². The molecule has 0 saturated heterocycles. The molecule has 3 rings (SSSR count). The Morgan fingerprint density at radius 1 is 0.862 bits per heavy atom. The Bertz CT molecular complexity index is 898. The maximum Gasteiger partial charge on any atom is 0.175 e. The molecule has 0 aliphatic rings. The van der Waals surface area contributed by atoms with E-state index in [9.17, 15) is 0 Å². The minimum Gasteiger partial charge on any atom is -0.490 e. The van der Waals surface area contributed by atoms with Gasteiger partial charge in [0.05, 0.1) is 17.7 Å². The lowest BCUT2D eigenvalue weighted by atomic mass is 10.2. The fourth-order valence-electron chi connectivity index (χ4n) is 2.80. The van der Waals surface area contributed by atoms with Gasteiger partial charge < -0.3 is 19.5 Å². The summed E-state index contributed by atoms with van der Waals surface area (Å²) in [4.78, 5) is 0. The predicted molar refractivity (Wildman–Crippen MR) is 121 cm³/mol. The standard InChI is InChI=1S/C24H26BrNO3/c1-3-14-28-24-22(25)15-18(16-23(24)27-4-2)17-26-19-10-12-21(13-11-19)29-20-8-6-5-7-9-20/h5-13,15-16,26H,3-4,14,17H2,1-2H3. The fourth-order valence-corrected chi connectivity index (χ4v) is 3.40. The highest BCUT2D eigenvalue weighted by Gasteiger charge is 2.12. The van der Waals surface area contributed by atoms with Crippen molar-refractivity contribution in [2.24, 2.45) is 0 Å². The summed E-state index contributed by atoms with van der Waals surface area (Å²) in [5.41, 5.74) is 2.12. The van der Waals surface area contributed by atoms with Crippen molar-refractivity contribution in [3.05, 3.63) is 76.8 Å². The van der Waals surface area contributed by atoms with Crippen molar-refractivity contribution in [2.45, 2.75) is 26.8 Å². The van der Waals surface area contributed by atoms with Gasteiger partial charge in [-0.2, -0.15) is 0 Å². The molecule has 3 aromatic carbocycles. The highest BCUT2D eigenvalue weighted by atomic mass is 79.9. The maximum absolute atomic E-state index is 5.84. The average Bonchev–Trinajstić information content (AvgIpc) is 2.74. The van der Waals surface area contributed by atoms with Crippen LogP contribution in [0.1, 0.15) is 25.8 Å². The van der Waals surface area contributed by atoms with Crippen LogP contribution < -0.4 is 19.5 Å². The van der Waals surface area contributed by atoms with E-state index < -0.39 is 0 Å². The summed E-state index contributed by atoms with van der Waals surface area (Å²) in [6.07, 6.45) is 0.950. The number of benzene rings is 3. The molecule has 0 fully saturated rings. The molecule has 0 amide bonds. The van der Waals surface area contributed by atoms with Crippen LogP contribution in [0.15, 0.2) is 71.2 Å². The molecule has 1 N–H and O–H groups in total. The SMILES string of the molecule is CCCOc1c(Br)cc(CNc2ccc(Oc3ccccc3)cc2)cc1OCC. The molecule has 0 aliphatic carbocycles. The number of ether oxygens (including phenoxy) is 3. The van der Waals surface area contributed by atoms with Crippen molar-refractivity contribution in [1.82, 2.24) is 0 Å². The fraction of sp³-hybridized carbons (Fsp3) is 0.250. The number of nitrogens with one attached hydrogen (secondary N) is 1. The van der Waals surface area contributed by atoms with E-state index in [0.29, 0.717) is 19.8 Å². The van der Waals surface area contributed by atoms with Crippen LogP contribution in [0.25, 0.3) is 0 Å². The molecule has 0 aliphatic heterocycles.